The van der Waals surface area contributed by atoms with E-state index >= 15 is 0 Å². The monoisotopic (exact) mass is 182 g/mol. The van der Waals surface area contributed by atoms with E-state index in [1.807, 2.05) is 0 Å². The third-order valence-electron chi connectivity index (χ3n) is 1.18. The Balaban J connectivity index is 2.17. The molecule has 13 heavy (non-hydrogen) atoms. The molecule has 0 atom stereocenters. The van der Waals surface area contributed by atoms with Gasteiger partial charge in [-0.1, -0.05) is 0 Å². The fraction of sp³-hybridized carbons (Fsp3) is 0.375. The number of carbonyl (C=O) groups excluding carboxylic acids is 1. The Labute approximate surface area is 75.7 Å². The second kappa shape index (κ2) is 5.08. The molecule has 70 valence electrons. The average molecular weight is 182 g/mol. The highest BCUT2D eigenvalue weighted by Gasteiger charge is 1.95. The summed E-state index contributed by atoms with van der Waals surface area (Å²) >= 11 is 0. The Morgan fingerprint density at radius 2 is 2.31 bits per heavy atom. The van der Waals surface area contributed by atoms with E-state index in [2.05, 4.69) is 14.7 Å². The van der Waals surface area contributed by atoms with Crippen molar-refractivity contribution in [1.29, 1.82) is 0 Å². The van der Waals surface area contributed by atoms with E-state index in [-0.39, 0.29) is 19.2 Å². The minimum atomic E-state index is -0.317. The maximum Gasteiger partial charge on any atom is 0.302 e. The number of nitrogens with zero attached hydrogens (tertiary/aromatic N) is 2. The topological polar surface area (TPSA) is 61.3 Å². The number of carbonyl (C=O) groups is 1. The summed E-state index contributed by atoms with van der Waals surface area (Å²) in [5, 5.41) is 0. The van der Waals surface area contributed by atoms with Crippen LogP contribution in [-0.4, -0.2) is 29.2 Å². The molecule has 1 heterocycles. The number of rotatable bonds is 4. The van der Waals surface area contributed by atoms with Gasteiger partial charge in [-0.05, 0) is 0 Å². The van der Waals surface area contributed by atoms with Gasteiger partial charge in [-0.2, -0.15) is 0 Å². The van der Waals surface area contributed by atoms with Crippen LogP contribution < -0.4 is 4.74 Å². The molecule has 0 saturated carbocycles. The summed E-state index contributed by atoms with van der Waals surface area (Å²) in [6, 6.07) is 0. The molecule has 0 aromatic carbocycles. The van der Waals surface area contributed by atoms with E-state index in [0.717, 1.165) is 0 Å². The van der Waals surface area contributed by atoms with Gasteiger partial charge in [0.2, 0.25) is 5.88 Å². The molecule has 1 aromatic rings. The van der Waals surface area contributed by atoms with E-state index in [9.17, 15) is 4.79 Å². The lowest BCUT2D eigenvalue weighted by Crippen LogP contribution is -2.10. The van der Waals surface area contributed by atoms with E-state index in [4.69, 9.17) is 4.74 Å². The Morgan fingerprint density at radius 3 is 2.92 bits per heavy atom. The van der Waals surface area contributed by atoms with Gasteiger partial charge in [0.05, 0.1) is 6.20 Å². The standard InChI is InChI=1S/C8H10N2O3/c1-7(11)12-4-5-13-8-6-9-2-3-10-8/h2-3,6H,4-5H2,1H3. The Bertz CT molecular complexity index is 263. The maximum atomic E-state index is 10.3. The highest BCUT2D eigenvalue weighted by Crippen LogP contribution is 1.99. The van der Waals surface area contributed by atoms with E-state index in [1.54, 1.807) is 6.20 Å². The number of esters is 1. The molecule has 5 nitrogen and oxygen atoms in total. The summed E-state index contributed by atoms with van der Waals surface area (Å²) in [4.78, 5) is 18.0. The molecule has 0 aliphatic carbocycles. The lowest BCUT2D eigenvalue weighted by Gasteiger charge is -2.03. The third-order valence-corrected chi connectivity index (χ3v) is 1.18. The summed E-state index contributed by atoms with van der Waals surface area (Å²) in [5.74, 6) is 0.109. The predicted octanol–water partition coefficient (Wildman–Crippen LogP) is 0.418. The van der Waals surface area contributed by atoms with E-state index in [0.29, 0.717) is 5.88 Å². The van der Waals surface area contributed by atoms with Crippen LogP contribution in [0.15, 0.2) is 18.6 Å². The SMILES string of the molecule is CC(=O)OCCOc1cnccn1. The molecule has 0 amide bonds. The third kappa shape index (κ3) is 4.05. The van der Waals surface area contributed by atoms with Gasteiger partial charge in [-0.3, -0.25) is 9.78 Å². The summed E-state index contributed by atoms with van der Waals surface area (Å²) in [6.45, 7) is 1.87. The van der Waals surface area contributed by atoms with Crippen LogP contribution >= 0.6 is 0 Å². The number of hydrogen-bond acceptors (Lipinski definition) is 5. The molecule has 0 unspecified atom stereocenters. The van der Waals surface area contributed by atoms with Crippen LogP contribution in [0.3, 0.4) is 0 Å². The van der Waals surface area contributed by atoms with E-state index < -0.39 is 0 Å². The number of hydrogen-bond donors (Lipinski definition) is 0. The maximum absolute atomic E-state index is 10.3. The van der Waals surface area contributed by atoms with Gasteiger partial charge in [-0.15, -0.1) is 0 Å². The largest absolute Gasteiger partial charge is 0.473 e. The molecule has 1 aromatic heterocycles. The van der Waals surface area contributed by atoms with Crippen molar-refractivity contribution < 1.29 is 14.3 Å². The van der Waals surface area contributed by atoms with Crippen molar-refractivity contribution in [2.45, 2.75) is 6.92 Å². The summed E-state index contributed by atoms with van der Waals surface area (Å²) in [7, 11) is 0. The van der Waals surface area contributed by atoms with Crippen molar-refractivity contribution in [3.8, 4) is 5.88 Å². The first-order valence-corrected chi connectivity index (χ1v) is 3.81. The molecule has 0 N–H and O–H groups in total. The van der Waals surface area contributed by atoms with Crippen molar-refractivity contribution >= 4 is 5.97 Å². The minimum absolute atomic E-state index is 0.228. The molecule has 0 aliphatic rings. The molecule has 0 saturated heterocycles. The van der Waals surface area contributed by atoms with Gasteiger partial charge in [0.25, 0.3) is 0 Å². The minimum Gasteiger partial charge on any atom is -0.473 e. The summed E-state index contributed by atoms with van der Waals surface area (Å²) < 4.78 is 9.76. The number of ether oxygens (including phenoxy) is 2. The first-order valence-electron chi connectivity index (χ1n) is 3.81. The summed E-state index contributed by atoms with van der Waals surface area (Å²) in [5.41, 5.74) is 0. The van der Waals surface area contributed by atoms with Crippen molar-refractivity contribution in [1.82, 2.24) is 9.97 Å². The first kappa shape index (κ1) is 9.44. The van der Waals surface area contributed by atoms with Crippen molar-refractivity contribution in [2.24, 2.45) is 0 Å². The summed E-state index contributed by atoms with van der Waals surface area (Å²) in [6.07, 6.45) is 4.58. The molecule has 0 aliphatic heterocycles. The van der Waals surface area contributed by atoms with Crippen LogP contribution in [0.5, 0.6) is 5.88 Å². The smallest absolute Gasteiger partial charge is 0.302 e. The first-order chi connectivity index (χ1) is 6.29. The second-order valence-electron chi connectivity index (χ2n) is 2.23. The highest BCUT2D eigenvalue weighted by atomic mass is 16.6. The fourth-order valence-corrected chi connectivity index (χ4v) is 0.692. The van der Waals surface area contributed by atoms with Crippen molar-refractivity contribution in [3.63, 3.8) is 0 Å². The van der Waals surface area contributed by atoms with Crippen LogP contribution in [0.25, 0.3) is 0 Å². The molecular weight excluding hydrogens is 172 g/mol. The Kier molecular flexibility index (Phi) is 3.69. The van der Waals surface area contributed by atoms with Gasteiger partial charge in [-0.25, -0.2) is 4.98 Å². The van der Waals surface area contributed by atoms with Crippen LogP contribution in [-0.2, 0) is 9.53 Å². The quantitative estimate of drug-likeness (QED) is 0.498. The number of aromatic nitrogens is 2. The van der Waals surface area contributed by atoms with Gasteiger partial charge < -0.3 is 9.47 Å². The van der Waals surface area contributed by atoms with Gasteiger partial charge >= 0.3 is 5.97 Å². The van der Waals surface area contributed by atoms with E-state index in [1.165, 1.54) is 19.3 Å². The Hall–Kier alpha value is -1.65. The van der Waals surface area contributed by atoms with Crippen molar-refractivity contribution in [2.75, 3.05) is 13.2 Å². The second-order valence-corrected chi connectivity index (χ2v) is 2.23. The normalized spacial score (nSPS) is 9.31. The average Bonchev–Trinajstić information content (AvgIpc) is 2.14. The predicted molar refractivity (Wildman–Crippen MR) is 44.2 cm³/mol. The molecule has 1 rings (SSSR count). The Morgan fingerprint density at radius 1 is 1.46 bits per heavy atom. The molecular formula is C8H10N2O3. The van der Waals surface area contributed by atoms with Crippen LogP contribution in [0.1, 0.15) is 6.92 Å². The van der Waals surface area contributed by atoms with Crippen LogP contribution in [0.4, 0.5) is 0 Å². The van der Waals surface area contributed by atoms with Crippen LogP contribution in [0.2, 0.25) is 0 Å². The highest BCUT2D eigenvalue weighted by molar-refractivity contribution is 5.65. The zero-order valence-corrected chi connectivity index (χ0v) is 7.27. The van der Waals surface area contributed by atoms with Gasteiger partial charge in [0, 0.05) is 19.3 Å². The molecule has 0 fully saturated rings. The molecule has 0 bridgehead atoms. The molecule has 0 spiro atoms. The lowest BCUT2D eigenvalue weighted by molar-refractivity contribution is -0.141. The fourth-order valence-electron chi connectivity index (χ4n) is 0.692. The van der Waals surface area contributed by atoms with Crippen molar-refractivity contribution in [3.05, 3.63) is 18.6 Å². The molecule has 0 radical (unpaired) electrons. The van der Waals surface area contributed by atoms with Crippen LogP contribution in [0, 0.1) is 0 Å². The lowest BCUT2D eigenvalue weighted by atomic mass is 10.7. The zero-order valence-electron chi connectivity index (χ0n) is 7.27. The zero-order chi connectivity index (χ0) is 9.52. The molecule has 5 heteroatoms. The van der Waals surface area contributed by atoms with Gasteiger partial charge in [0.1, 0.15) is 13.2 Å². The van der Waals surface area contributed by atoms with Gasteiger partial charge in [0.15, 0.2) is 0 Å².